The predicted octanol–water partition coefficient (Wildman–Crippen LogP) is 4.23. The van der Waals surface area contributed by atoms with Gasteiger partial charge in [-0.1, -0.05) is 37.8 Å². The first-order chi connectivity index (χ1) is 20.7. The number of carbonyl (C=O) groups excluding carboxylic acids is 2. The van der Waals surface area contributed by atoms with E-state index < -0.39 is 23.2 Å². The topological polar surface area (TPSA) is 103 Å². The van der Waals surface area contributed by atoms with E-state index in [1.165, 1.54) is 16.0 Å². The molecule has 0 N–H and O–H groups in total. The Morgan fingerprint density at radius 3 is 2.79 bits per heavy atom. The first kappa shape index (κ1) is 29.2. The van der Waals surface area contributed by atoms with Crippen LogP contribution in [0.25, 0.3) is 0 Å². The average molecular weight is 587 g/mol. The number of rotatable bonds is 6. The third-order valence-electron chi connectivity index (χ3n) is 10.0. The number of nitriles is 1. The van der Waals surface area contributed by atoms with Crippen molar-refractivity contribution < 1.29 is 18.7 Å². The second-order valence-electron chi connectivity index (χ2n) is 12.7. The summed E-state index contributed by atoms with van der Waals surface area (Å²) < 4.78 is 20.0. The summed E-state index contributed by atoms with van der Waals surface area (Å²) in [5.41, 5.74) is 3.21. The first-order valence-corrected chi connectivity index (χ1v) is 15.3. The number of aromatic nitrogens is 2. The van der Waals surface area contributed by atoms with Crippen LogP contribution in [-0.2, 0) is 17.6 Å². The number of carbonyl (C=O) groups is 2. The molecule has 10 heteroatoms. The second kappa shape index (κ2) is 11.7. The zero-order valence-corrected chi connectivity index (χ0v) is 25.0. The molecule has 2 aliphatic carbocycles. The number of likely N-dealkylation sites (tertiary alicyclic amines) is 1. The van der Waals surface area contributed by atoms with E-state index in [1.807, 2.05) is 11.0 Å². The zero-order chi connectivity index (χ0) is 30.3. The van der Waals surface area contributed by atoms with E-state index in [0.29, 0.717) is 43.9 Å². The highest BCUT2D eigenvalue weighted by atomic mass is 19.1. The number of ketones is 1. The third-order valence-corrected chi connectivity index (χ3v) is 10.0. The smallest absolute Gasteiger partial charge is 0.319 e. The molecule has 0 bridgehead atoms. The van der Waals surface area contributed by atoms with Crippen LogP contribution >= 0.6 is 0 Å². The van der Waals surface area contributed by atoms with Gasteiger partial charge in [0.25, 0.3) is 5.91 Å². The molecule has 1 unspecified atom stereocenters. The highest BCUT2D eigenvalue weighted by Gasteiger charge is 2.48. The Labute approximate surface area is 252 Å². The molecule has 9 nitrogen and oxygen atoms in total. The van der Waals surface area contributed by atoms with Gasteiger partial charge in [-0.2, -0.15) is 15.2 Å². The molecule has 2 aliphatic heterocycles. The molecule has 2 aromatic rings. The minimum absolute atomic E-state index is 0.0395. The van der Waals surface area contributed by atoms with Gasteiger partial charge in [0, 0.05) is 36.7 Å². The maximum Gasteiger partial charge on any atom is 0.319 e. The van der Waals surface area contributed by atoms with Crippen molar-refractivity contribution in [2.45, 2.75) is 69.9 Å². The van der Waals surface area contributed by atoms with Gasteiger partial charge in [-0.25, -0.2) is 4.39 Å². The van der Waals surface area contributed by atoms with Gasteiger partial charge < -0.3 is 19.4 Å². The number of halogens is 1. The number of nitrogens with zero attached hydrogens (tertiary/aromatic N) is 6. The molecule has 0 saturated carbocycles. The summed E-state index contributed by atoms with van der Waals surface area (Å²) in [5.74, 6) is -0.923. The van der Waals surface area contributed by atoms with Gasteiger partial charge in [0.15, 0.2) is 11.6 Å². The fourth-order valence-corrected chi connectivity index (χ4v) is 7.71. The lowest BCUT2D eigenvalue weighted by atomic mass is 9.60. The minimum Gasteiger partial charge on any atom is -0.462 e. The molecular formula is C33H39FN6O3. The van der Waals surface area contributed by atoms with E-state index in [-0.39, 0.29) is 43.3 Å². The van der Waals surface area contributed by atoms with Crippen LogP contribution in [0.15, 0.2) is 36.7 Å². The van der Waals surface area contributed by atoms with Gasteiger partial charge in [0.2, 0.25) is 0 Å². The fourth-order valence-electron chi connectivity index (χ4n) is 7.71. The first-order valence-electron chi connectivity index (χ1n) is 15.3. The molecule has 1 spiro atoms. The van der Waals surface area contributed by atoms with Crippen molar-refractivity contribution in [3.63, 3.8) is 0 Å². The number of hydrogen-bond acceptors (Lipinski definition) is 8. The summed E-state index contributed by atoms with van der Waals surface area (Å²) in [7, 11) is 2.08. The quantitative estimate of drug-likeness (QED) is 0.464. The summed E-state index contributed by atoms with van der Waals surface area (Å²) in [4.78, 5) is 42.3. The van der Waals surface area contributed by atoms with Crippen LogP contribution in [-0.4, -0.2) is 83.4 Å². The lowest BCUT2D eigenvalue weighted by Crippen LogP contribution is -2.56. The molecule has 43 heavy (non-hydrogen) atoms. The number of anilines is 1. The number of ether oxygens (including phenoxy) is 1. The van der Waals surface area contributed by atoms with E-state index in [9.17, 15) is 19.2 Å². The van der Waals surface area contributed by atoms with Crippen molar-refractivity contribution in [3.05, 3.63) is 59.1 Å². The molecule has 3 heterocycles. The number of Topliss-reactive ketones (excluding diaryl/α,β-unsaturated/α-hetero) is 1. The van der Waals surface area contributed by atoms with Crippen LogP contribution in [0.1, 0.15) is 72.1 Å². The maximum atomic E-state index is 14.5. The average Bonchev–Trinajstić information content (AvgIpc) is 3.42. The molecular weight excluding hydrogens is 547 g/mol. The normalized spacial score (nSPS) is 27.0. The van der Waals surface area contributed by atoms with Crippen LogP contribution < -0.4 is 9.64 Å². The molecule has 1 aromatic carbocycles. The van der Waals surface area contributed by atoms with E-state index in [4.69, 9.17) is 14.7 Å². The Balaban J connectivity index is 1.35. The Morgan fingerprint density at radius 2 is 2.05 bits per heavy atom. The molecule has 1 aromatic heterocycles. The van der Waals surface area contributed by atoms with Gasteiger partial charge in [-0.15, -0.1) is 0 Å². The van der Waals surface area contributed by atoms with E-state index in [0.717, 1.165) is 31.4 Å². The van der Waals surface area contributed by atoms with Crippen molar-refractivity contribution in [2.75, 3.05) is 44.7 Å². The summed E-state index contributed by atoms with van der Waals surface area (Å²) in [6.45, 7) is 7.67. The highest BCUT2D eigenvalue weighted by molar-refractivity contribution is 6.02. The van der Waals surface area contributed by atoms with Gasteiger partial charge in [-0.3, -0.25) is 9.59 Å². The summed E-state index contributed by atoms with van der Waals surface area (Å²) in [6, 6.07) is 10.4. The second-order valence-corrected chi connectivity index (χ2v) is 12.7. The van der Waals surface area contributed by atoms with E-state index in [1.54, 1.807) is 0 Å². The number of likely N-dealkylation sites (N-methyl/N-ethyl adjacent to an activating group) is 1. The van der Waals surface area contributed by atoms with Gasteiger partial charge in [-0.05, 0) is 69.2 Å². The molecule has 2 fully saturated rings. The van der Waals surface area contributed by atoms with Crippen LogP contribution in [0.5, 0.6) is 6.01 Å². The molecule has 2 saturated heterocycles. The highest BCUT2D eigenvalue weighted by Crippen LogP contribution is 2.50. The predicted molar refractivity (Wildman–Crippen MR) is 160 cm³/mol. The largest absolute Gasteiger partial charge is 0.462 e. The minimum atomic E-state index is -1.04. The fraction of sp³-hybridized carbons (Fsp3) is 0.545. The number of fused-ring (bicyclic) bond motifs is 2. The van der Waals surface area contributed by atoms with E-state index in [2.05, 4.69) is 49.7 Å². The number of amides is 1. The molecule has 1 amide bonds. The Hall–Kier alpha value is -3.84. The Morgan fingerprint density at radius 1 is 1.23 bits per heavy atom. The van der Waals surface area contributed by atoms with Gasteiger partial charge >= 0.3 is 6.01 Å². The van der Waals surface area contributed by atoms with E-state index >= 15 is 0 Å². The molecule has 0 radical (unpaired) electrons. The summed E-state index contributed by atoms with van der Waals surface area (Å²) in [6.07, 6.45) is 4.97. The van der Waals surface area contributed by atoms with Crippen LogP contribution in [0.2, 0.25) is 0 Å². The van der Waals surface area contributed by atoms with Gasteiger partial charge in [0.1, 0.15) is 18.1 Å². The van der Waals surface area contributed by atoms with Crippen molar-refractivity contribution in [1.29, 1.82) is 5.26 Å². The summed E-state index contributed by atoms with van der Waals surface area (Å²) in [5, 5.41) is 9.49. The summed E-state index contributed by atoms with van der Waals surface area (Å²) >= 11 is 0. The molecule has 226 valence electrons. The van der Waals surface area contributed by atoms with Crippen LogP contribution in [0, 0.1) is 16.7 Å². The van der Waals surface area contributed by atoms with Crippen molar-refractivity contribution in [1.82, 2.24) is 19.8 Å². The molecule has 6 rings (SSSR count). The van der Waals surface area contributed by atoms with Crippen LogP contribution in [0.3, 0.4) is 0 Å². The molecule has 4 aliphatic rings. The van der Waals surface area contributed by atoms with Crippen molar-refractivity contribution in [2.24, 2.45) is 5.41 Å². The maximum absolute atomic E-state index is 14.5. The Kier molecular flexibility index (Phi) is 7.94. The SMILES string of the molecule is C=C(F)C(=O)N1CCN(c2nc(OC[C@@H]3CCCN3C)nc3c2CC[C@]2(Cc4ccccc4C(C)C2)C3=O)C[C@@H]1CC#N. The Bertz CT molecular complexity index is 1490. The number of benzene rings is 1. The standard InChI is InChI=1S/C33H39FN6O3/c1-21-17-33(18-23-7-4-5-9-26(21)23)12-10-27-28(29(33)41)36-32(43-20-25-8-6-14-38(25)3)37-30(27)39-15-16-40(31(42)22(2)34)24(19-39)11-13-35/h4-5,7,9,21,24-25H,2,6,8,10-12,14-20H2,1,3H3/t21?,24-,25-,33-/m0/s1. The zero-order valence-electron chi connectivity index (χ0n) is 25.0. The monoisotopic (exact) mass is 586 g/mol. The third kappa shape index (κ3) is 5.40. The number of hydrogen-bond donors (Lipinski definition) is 0. The van der Waals surface area contributed by atoms with Crippen LogP contribution in [0.4, 0.5) is 10.2 Å². The lowest BCUT2D eigenvalue weighted by molar-refractivity contribution is -0.131. The number of piperazine rings is 1. The molecule has 4 atom stereocenters. The van der Waals surface area contributed by atoms with Crippen molar-refractivity contribution >= 4 is 17.5 Å². The van der Waals surface area contributed by atoms with Crippen molar-refractivity contribution in [3.8, 4) is 12.1 Å². The van der Waals surface area contributed by atoms with Gasteiger partial charge in [0.05, 0.1) is 18.5 Å². The lowest BCUT2D eigenvalue weighted by Gasteiger charge is -2.44.